The maximum atomic E-state index is 11.6. The molecule has 0 heterocycles. The highest BCUT2D eigenvalue weighted by atomic mass is 16.3. The minimum atomic E-state index is -0.150. The summed E-state index contributed by atoms with van der Waals surface area (Å²) in [6.07, 6.45) is 29.4. The number of benzene rings is 2. The lowest BCUT2D eigenvalue weighted by Crippen LogP contribution is -2.14. The first-order valence-corrected chi connectivity index (χ1v) is 20.1. The van der Waals surface area contributed by atoms with E-state index in [-0.39, 0.29) is 10.8 Å². The zero-order valence-electron chi connectivity index (χ0n) is 32.5. The topological polar surface area (TPSA) is 40.5 Å². The van der Waals surface area contributed by atoms with E-state index in [2.05, 4.69) is 79.7 Å². The number of phenols is 2. The Balaban J connectivity index is 2.10. The lowest BCUT2D eigenvalue weighted by molar-refractivity contribution is 0.435. The predicted molar refractivity (Wildman–Crippen MR) is 208 cm³/mol. The lowest BCUT2D eigenvalue weighted by Gasteiger charge is -2.25. The van der Waals surface area contributed by atoms with Gasteiger partial charge in [-0.15, -0.1) is 0 Å². The second-order valence-electron chi connectivity index (χ2n) is 16.8. The molecule has 2 nitrogen and oxygen atoms in total. The van der Waals surface area contributed by atoms with Crippen LogP contribution in [-0.2, 0) is 30.1 Å². The molecule has 0 radical (unpaired) electrons. The van der Waals surface area contributed by atoms with Gasteiger partial charge < -0.3 is 10.2 Å². The van der Waals surface area contributed by atoms with Crippen molar-refractivity contribution in [1.29, 1.82) is 0 Å². The van der Waals surface area contributed by atoms with E-state index >= 15 is 0 Å². The molecule has 2 rings (SSSR count). The molecule has 0 unspecified atom stereocenters. The molecule has 47 heavy (non-hydrogen) atoms. The predicted octanol–water partition coefficient (Wildman–Crippen LogP) is 14.2. The average Bonchev–Trinajstić information content (AvgIpc) is 3.00. The van der Waals surface area contributed by atoms with Crippen molar-refractivity contribution in [2.45, 2.75) is 214 Å². The van der Waals surface area contributed by atoms with Crippen LogP contribution in [0.5, 0.6) is 11.5 Å². The summed E-state index contributed by atoms with van der Waals surface area (Å²) in [6, 6.07) is 8.94. The second kappa shape index (κ2) is 21.9. The van der Waals surface area contributed by atoms with Crippen LogP contribution in [0.15, 0.2) is 24.3 Å². The number of phenolic OH excluding ortho intramolecular Hbond substituents is 2. The molecule has 0 aliphatic carbocycles. The van der Waals surface area contributed by atoms with Crippen molar-refractivity contribution in [3.8, 4) is 11.5 Å². The number of aryl methyl sites for hydroxylation is 2. The number of rotatable bonds is 24. The van der Waals surface area contributed by atoms with E-state index in [1.807, 2.05) is 0 Å². The third-order valence-corrected chi connectivity index (χ3v) is 10.1. The van der Waals surface area contributed by atoms with Gasteiger partial charge in [-0.3, -0.25) is 0 Å². The van der Waals surface area contributed by atoms with Crippen molar-refractivity contribution >= 4 is 0 Å². The smallest absolute Gasteiger partial charge is 0.122 e. The van der Waals surface area contributed by atoms with Gasteiger partial charge in [0.15, 0.2) is 0 Å². The van der Waals surface area contributed by atoms with Gasteiger partial charge in [-0.25, -0.2) is 0 Å². The van der Waals surface area contributed by atoms with E-state index in [0.717, 1.165) is 35.1 Å². The second-order valence-corrected chi connectivity index (χ2v) is 16.8. The van der Waals surface area contributed by atoms with Crippen LogP contribution in [0.4, 0.5) is 0 Å². The molecular formula is C45H76O2. The molecule has 2 heteroatoms. The average molecular weight is 649 g/mol. The molecule has 0 aromatic heterocycles. The van der Waals surface area contributed by atoms with Gasteiger partial charge in [-0.1, -0.05) is 195 Å². The van der Waals surface area contributed by atoms with Crippen LogP contribution in [0.1, 0.15) is 217 Å². The van der Waals surface area contributed by atoms with Crippen LogP contribution in [0.25, 0.3) is 0 Å². The van der Waals surface area contributed by atoms with Crippen molar-refractivity contribution in [3.05, 3.63) is 57.6 Å². The number of unbranched alkanes of at least 4 members (excludes halogenated alkanes) is 18. The van der Waals surface area contributed by atoms with Gasteiger partial charge >= 0.3 is 0 Å². The first-order chi connectivity index (χ1) is 22.4. The molecule has 2 N–H and O–H groups in total. The van der Waals surface area contributed by atoms with Crippen molar-refractivity contribution in [3.63, 3.8) is 0 Å². The van der Waals surface area contributed by atoms with Crippen LogP contribution in [0.2, 0.25) is 0 Å². The summed E-state index contributed by atoms with van der Waals surface area (Å²) in [5.74, 6) is 0.808. The highest BCUT2D eigenvalue weighted by Gasteiger charge is 2.25. The first kappa shape index (κ1) is 41.2. The van der Waals surface area contributed by atoms with Crippen molar-refractivity contribution < 1.29 is 10.2 Å². The first-order valence-electron chi connectivity index (χ1n) is 20.1. The molecule has 0 aliphatic heterocycles. The zero-order chi connectivity index (χ0) is 34.7. The zero-order valence-corrected chi connectivity index (χ0v) is 32.5. The molecule has 0 amide bonds. The van der Waals surface area contributed by atoms with E-state index < -0.39 is 0 Å². The summed E-state index contributed by atoms with van der Waals surface area (Å²) in [4.78, 5) is 0. The van der Waals surface area contributed by atoms with Gasteiger partial charge in [0.25, 0.3) is 0 Å². The molecule has 2 aromatic rings. The Labute approximate surface area is 292 Å². The van der Waals surface area contributed by atoms with Crippen molar-refractivity contribution in [2.24, 2.45) is 0 Å². The minimum Gasteiger partial charge on any atom is -0.507 e. The largest absolute Gasteiger partial charge is 0.507 e. The summed E-state index contributed by atoms with van der Waals surface area (Å²) in [5.41, 5.74) is 6.28. The van der Waals surface area contributed by atoms with E-state index in [4.69, 9.17) is 0 Å². The van der Waals surface area contributed by atoms with Crippen LogP contribution < -0.4 is 0 Å². The molecule has 0 saturated carbocycles. The Morgan fingerprint density at radius 2 is 0.681 bits per heavy atom. The van der Waals surface area contributed by atoms with Crippen LogP contribution in [0, 0.1) is 0 Å². The normalized spacial score (nSPS) is 12.3. The van der Waals surface area contributed by atoms with Gasteiger partial charge in [-0.05, 0) is 69.9 Å². The molecule has 0 saturated heterocycles. The molecule has 0 atom stereocenters. The summed E-state index contributed by atoms with van der Waals surface area (Å²) < 4.78 is 0. The van der Waals surface area contributed by atoms with E-state index in [9.17, 15) is 10.2 Å². The highest BCUT2D eigenvalue weighted by molar-refractivity contribution is 5.53. The monoisotopic (exact) mass is 649 g/mol. The summed E-state index contributed by atoms with van der Waals surface area (Å²) in [6.45, 7) is 17.7. The molecule has 268 valence electrons. The van der Waals surface area contributed by atoms with Crippen LogP contribution in [0.3, 0.4) is 0 Å². The Kier molecular flexibility index (Phi) is 19.2. The van der Waals surface area contributed by atoms with Crippen LogP contribution in [-0.4, -0.2) is 10.2 Å². The van der Waals surface area contributed by atoms with Gasteiger partial charge in [0.05, 0.1) is 0 Å². The van der Waals surface area contributed by atoms with Gasteiger partial charge in [-0.2, -0.15) is 0 Å². The fourth-order valence-electron chi connectivity index (χ4n) is 7.06. The van der Waals surface area contributed by atoms with E-state index in [1.54, 1.807) is 0 Å². The Bertz CT molecular complexity index is 1040. The Morgan fingerprint density at radius 1 is 0.404 bits per heavy atom. The van der Waals surface area contributed by atoms with Gasteiger partial charge in [0.1, 0.15) is 11.5 Å². The molecule has 0 spiro atoms. The summed E-state index contributed by atoms with van der Waals surface area (Å²) in [5, 5.41) is 23.1. The van der Waals surface area contributed by atoms with E-state index in [1.165, 1.54) is 140 Å². The molecule has 0 fully saturated rings. The van der Waals surface area contributed by atoms with Crippen molar-refractivity contribution in [2.75, 3.05) is 0 Å². The van der Waals surface area contributed by atoms with Gasteiger partial charge in [0, 0.05) is 6.42 Å². The Hall–Kier alpha value is -1.96. The SMILES string of the molecule is CCCCCCCCCCCCc1cc(Cc2cc(CCCCCCCCCCCC)cc(C(C)(C)C)c2O)c(O)c(C(C)(C)C)c1. The standard InChI is InChI=1S/C45H76O2/c1-9-11-13-15-17-19-21-23-25-27-29-36-31-38(42(46)40(33-36)44(3,4)5)35-39-32-37(34-41(43(39)47)45(6,7)8)30-28-26-24-22-20-18-16-14-12-10-2/h31-34,46-47H,9-30,35H2,1-8H3. The maximum Gasteiger partial charge on any atom is 0.122 e. The fraction of sp³-hybridized carbons (Fsp3) is 0.733. The van der Waals surface area contributed by atoms with Crippen molar-refractivity contribution in [1.82, 2.24) is 0 Å². The number of hydrogen-bond donors (Lipinski definition) is 2. The lowest BCUT2D eigenvalue weighted by atomic mass is 9.81. The molecule has 2 aromatic carbocycles. The third kappa shape index (κ3) is 15.9. The minimum absolute atomic E-state index is 0.150. The van der Waals surface area contributed by atoms with E-state index in [0.29, 0.717) is 17.9 Å². The quantitative estimate of drug-likeness (QED) is 0.111. The number of aromatic hydroxyl groups is 2. The highest BCUT2D eigenvalue weighted by Crippen LogP contribution is 2.40. The third-order valence-electron chi connectivity index (χ3n) is 10.1. The number of hydrogen-bond acceptors (Lipinski definition) is 2. The van der Waals surface area contributed by atoms with Gasteiger partial charge in [0.2, 0.25) is 0 Å². The Morgan fingerprint density at radius 3 is 0.957 bits per heavy atom. The molecular weight excluding hydrogens is 572 g/mol. The van der Waals surface area contributed by atoms with Crippen LogP contribution >= 0.6 is 0 Å². The molecule has 0 bridgehead atoms. The maximum absolute atomic E-state index is 11.6. The fourth-order valence-corrected chi connectivity index (χ4v) is 7.06. The molecule has 0 aliphatic rings. The summed E-state index contributed by atoms with van der Waals surface area (Å²) >= 11 is 0. The summed E-state index contributed by atoms with van der Waals surface area (Å²) in [7, 11) is 0.